The first-order valence-electron chi connectivity index (χ1n) is 6.95. The number of benzene rings is 1. The maximum absolute atomic E-state index is 12.3. The number of imide groups is 1. The van der Waals surface area contributed by atoms with Crippen LogP contribution in [0.2, 0.25) is 0 Å². The van der Waals surface area contributed by atoms with Gasteiger partial charge in [0.15, 0.2) is 0 Å². The summed E-state index contributed by atoms with van der Waals surface area (Å²) in [5, 5.41) is 9.72. The van der Waals surface area contributed by atoms with Crippen LogP contribution in [0.3, 0.4) is 0 Å². The Labute approximate surface area is 123 Å². The summed E-state index contributed by atoms with van der Waals surface area (Å²) in [6, 6.07) is 9.20. The molecule has 2 atom stereocenters. The minimum atomic E-state index is -0.941. The summed E-state index contributed by atoms with van der Waals surface area (Å²) in [7, 11) is 0. The molecule has 1 aromatic carbocycles. The molecule has 1 fully saturated rings. The number of ether oxygens (including phenoxy) is 1. The fraction of sp³-hybridized carbons (Fsp3) is 0.375. The van der Waals surface area contributed by atoms with Gasteiger partial charge in [-0.2, -0.15) is 0 Å². The molecule has 1 saturated heterocycles. The zero-order valence-electron chi connectivity index (χ0n) is 12.0. The van der Waals surface area contributed by atoms with Crippen molar-refractivity contribution < 1.29 is 19.4 Å². The van der Waals surface area contributed by atoms with Crippen molar-refractivity contribution in [2.24, 2.45) is 0 Å². The SMILES string of the molecule is C=C(C(=O)N1C(=O)OC[C@@H]1Cc1ccccc1)[C@H](O)CC. The third kappa shape index (κ3) is 3.31. The molecule has 0 saturated carbocycles. The van der Waals surface area contributed by atoms with Gasteiger partial charge < -0.3 is 9.84 Å². The van der Waals surface area contributed by atoms with Crippen molar-refractivity contribution in [1.82, 2.24) is 4.90 Å². The molecule has 5 nitrogen and oxygen atoms in total. The molecular formula is C16H19NO4. The van der Waals surface area contributed by atoms with Crippen molar-refractivity contribution in [1.29, 1.82) is 0 Å². The number of carbonyl (C=O) groups excluding carboxylic acids is 2. The summed E-state index contributed by atoms with van der Waals surface area (Å²) in [4.78, 5) is 25.2. The number of nitrogens with zero attached hydrogens (tertiary/aromatic N) is 1. The lowest BCUT2D eigenvalue weighted by atomic mass is 10.0. The predicted octanol–water partition coefficient (Wildman–Crippen LogP) is 1.90. The number of hydrogen-bond donors (Lipinski definition) is 1. The van der Waals surface area contributed by atoms with Crippen molar-refractivity contribution in [3.63, 3.8) is 0 Å². The molecule has 2 rings (SSSR count). The second-order valence-corrected chi connectivity index (χ2v) is 5.04. The van der Waals surface area contributed by atoms with Gasteiger partial charge in [0.05, 0.1) is 12.1 Å². The molecule has 1 aromatic rings. The van der Waals surface area contributed by atoms with E-state index in [1.54, 1.807) is 6.92 Å². The molecule has 0 spiro atoms. The van der Waals surface area contributed by atoms with Crippen LogP contribution >= 0.6 is 0 Å². The number of aliphatic hydroxyl groups excluding tert-OH is 1. The van der Waals surface area contributed by atoms with Gasteiger partial charge in [-0.15, -0.1) is 0 Å². The van der Waals surface area contributed by atoms with E-state index in [1.807, 2.05) is 30.3 Å². The molecule has 5 heteroatoms. The Kier molecular flexibility index (Phi) is 4.75. The average Bonchev–Trinajstić information content (AvgIpc) is 2.86. The third-order valence-electron chi connectivity index (χ3n) is 3.56. The van der Waals surface area contributed by atoms with Gasteiger partial charge in [0, 0.05) is 5.57 Å². The van der Waals surface area contributed by atoms with Crippen LogP contribution in [0.15, 0.2) is 42.5 Å². The molecule has 112 valence electrons. The number of rotatable bonds is 5. The van der Waals surface area contributed by atoms with Crippen molar-refractivity contribution in [2.45, 2.75) is 31.9 Å². The smallest absolute Gasteiger partial charge is 0.417 e. The molecule has 0 aromatic heterocycles. The summed E-state index contributed by atoms with van der Waals surface area (Å²) >= 11 is 0. The Morgan fingerprint density at radius 3 is 2.76 bits per heavy atom. The summed E-state index contributed by atoms with van der Waals surface area (Å²) in [5.41, 5.74) is 1.04. The van der Waals surface area contributed by atoms with E-state index in [0.717, 1.165) is 10.5 Å². The number of amides is 2. The van der Waals surface area contributed by atoms with Gasteiger partial charge in [-0.1, -0.05) is 43.8 Å². The predicted molar refractivity (Wildman–Crippen MR) is 77.6 cm³/mol. The molecule has 1 aliphatic heterocycles. The average molecular weight is 289 g/mol. The van der Waals surface area contributed by atoms with E-state index in [1.165, 1.54) is 0 Å². The van der Waals surface area contributed by atoms with Crippen LogP contribution in [-0.2, 0) is 16.0 Å². The first kappa shape index (κ1) is 15.3. The van der Waals surface area contributed by atoms with Crippen molar-refractivity contribution in [2.75, 3.05) is 6.61 Å². The molecule has 2 amide bonds. The van der Waals surface area contributed by atoms with Crippen molar-refractivity contribution in [3.8, 4) is 0 Å². The molecule has 1 aliphatic rings. The van der Waals surface area contributed by atoms with Gasteiger partial charge in [0.2, 0.25) is 0 Å². The molecule has 0 bridgehead atoms. The lowest BCUT2D eigenvalue weighted by molar-refractivity contribution is -0.126. The highest BCUT2D eigenvalue weighted by Crippen LogP contribution is 2.20. The van der Waals surface area contributed by atoms with Crippen LogP contribution in [-0.4, -0.2) is 40.8 Å². The van der Waals surface area contributed by atoms with E-state index in [-0.39, 0.29) is 18.2 Å². The molecule has 0 aliphatic carbocycles. The van der Waals surface area contributed by atoms with Crippen molar-refractivity contribution in [3.05, 3.63) is 48.0 Å². The Balaban J connectivity index is 2.13. The van der Waals surface area contributed by atoms with Gasteiger partial charge in [-0.25, -0.2) is 9.69 Å². The minimum Gasteiger partial charge on any atom is -0.447 e. The van der Waals surface area contributed by atoms with Crippen LogP contribution in [0.1, 0.15) is 18.9 Å². The second-order valence-electron chi connectivity index (χ2n) is 5.04. The fourth-order valence-electron chi connectivity index (χ4n) is 2.29. The fourth-order valence-corrected chi connectivity index (χ4v) is 2.29. The first-order chi connectivity index (χ1) is 10.0. The van der Waals surface area contributed by atoms with Gasteiger partial charge >= 0.3 is 6.09 Å². The Morgan fingerprint density at radius 2 is 2.14 bits per heavy atom. The molecule has 1 heterocycles. The Hall–Kier alpha value is -2.14. The largest absolute Gasteiger partial charge is 0.447 e. The van der Waals surface area contributed by atoms with E-state index in [2.05, 4.69) is 6.58 Å². The number of aliphatic hydroxyl groups is 1. The monoisotopic (exact) mass is 289 g/mol. The third-order valence-corrected chi connectivity index (χ3v) is 3.56. The highest BCUT2D eigenvalue weighted by Gasteiger charge is 2.39. The lowest BCUT2D eigenvalue weighted by Crippen LogP contribution is -2.42. The van der Waals surface area contributed by atoms with Crippen LogP contribution in [0.25, 0.3) is 0 Å². The molecule has 0 radical (unpaired) electrons. The van der Waals surface area contributed by atoms with Crippen LogP contribution in [0.5, 0.6) is 0 Å². The minimum absolute atomic E-state index is 0.0226. The van der Waals surface area contributed by atoms with E-state index < -0.39 is 18.1 Å². The van der Waals surface area contributed by atoms with E-state index in [4.69, 9.17) is 4.74 Å². The molecule has 1 N–H and O–H groups in total. The summed E-state index contributed by atoms with van der Waals surface area (Å²) in [6.07, 6.45) is -0.723. The summed E-state index contributed by atoms with van der Waals surface area (Å²) < 4.78 is 4.98. The standard InChI is InChI=1S/C16H19NO4/c1-3-14(18)11(2)15(19)17-13(10-21-16(17)20)9-12-7-5-4-6-8-12/h4-8,13-14,18H,2-3,9-10H2,1H3/t13-,14+/m0/s1. The van der Waals surface area contributed by atoms with Crippen LogP contribution in [0.4, 0.5) is 4.79 Å². The molecule has 0 unspecified atom stereocenters. The Morgan fingerprint density at radius 1 is 1.48 bits per heavy atom. The second kappa shape index (κ2) is 6.54. The topological polar surface area (TPSA) is 66.8 Å². The van der Waals surface area contributed by atoms with Gasteiger partial charge in [-0.05, 0) is 18.4 Å². The maximum Gasteiger partial charge on any atom is 0.417 e. The molecular weight excluding hydrogens is 270 g/mol. The van der Waals surface area contributed by atoms with Gasteiger partial charge in [0.25, 0.3) is 5.91 Å². The number of hydrogen-bond acceptors (Lipinski definition) is 4. The maximum atomic E-state index is 12.3. The van der Waals surface area contributed by atoms with Crippen molar-refractivity contribution >= 4 is 12.0 Å². The Bertz CT molecular complexity index is 540. The summed E-state index contributed by atoms with van der Waals surface area (Å²) in [5.74, 6) is -0.562. The normalized spacial score (nSPS) is 19.2. The van der Waals surface area contributed by atoms with Gasteiger partial charge in [0.1, 0.15) is 6.61 Å². The zero-order chi connectivity index (χ0) is 15.4. The summed E-state index contributed by atoms with van der Waals surface area (Å²) in [6.45, 7) is 5.50. The van der Waals surface area contributed by atoms with E-state index >= 15 is 0 Å². The van der Waals surface area contributed by atoms with E-state index in [0.29, 0.717) is 12.8 Å². The quantitative estimate of drug-likeness (QED) is 0.841. The number of carbonyl (C=O) groups is 2. The lowest BCUT2D eigenvalue weighted by Gasteiger charge is -2.22. The van der Waals surface area contributed by atoms with E-state index in [9.17, 15) is 14.7 Å². The highest BCUT2D eigenvalue weighted by atomic mass is 16.6. The van der Waals surface area contributed by atoms with Crippen LogP contribution < -0.4 is 0 Å². The molecule has 21 heavy (non-hydrogen) atoms. The highest BCUT2D eigenvalue weighted by molar-refractivity contribution is 6.03. The number of cyclic esters (lactones) is 1. The zero-order valence-corrected chi connectivity index (χ0v) is 12.0. The van der Waals surface area contributed by atoms with Gasteiger partial charge in [-0.3, -0.25) is 4.79 Å². The van der Waals surface area contributed by atoms with Crippen LogP contribution in [0, 0.1) is 0 Å². The first-order valence-corrected chi connectivity index (χ1v) is 6.95.